The Bertz CT molecular complexity index is 401. The number of carbonyl (C=O) groups excluding carboxylic acids is 1. The van der Waals surface area contributed by atoms with Crippen LogP contribution in [0.15, 0.2) is 24.3 Å². The molecule has 2 rings (SSSR count). The molecule has 1 aliphatic carbocycles. The number of Topliss-reactive ketones (excluding diaryl/α,β-unsaturated/α-hetero) is 1. The molecule has 0 N–H and O–H groups in total. The summed E-state index contributed by atoms with van der Waals surface area (Å²) in [5.41, 5.74) is 0.404. The van der Waals surface area contributed by atoms with Crippen molar-refractivity contribution in [2.45, 2.75) is 31.6 Å². The van der Waals surface area contributed by atoms with Crippen LogP contribution in [0.5, 0.6) is 0 Å². The van der Waals surface area contributed by atoms with Crippen molar-refractivity contribution >= 4 is 5.78 Å². The van der Waals surface area contributed by atoms with Crippen LogP contribution in [0.25, 0.3) is 0 Å². The fourth-order valence-corrected chi connectivity index (χ4v) is 2.15. The summed E-state index contributed by atoms with van der Waals surface area (Å²) in [7, 11) is 0. The molecule has 1 aliphatic rings. The third-order valence-corrected chi connectivity index (χ3v) is 3.22. The molecule has 4 heteroatoms. The maximum absolute atomic E-state index is 12.9. The van der Waals surface area contributed by atoms with E-state index >= 15 is 0 Å². The van der Waals surface area contributed by atoms with Crippen LogP contribution in [-0.2, 0) is 0 Å². The lowest BCUT2D eigenvalue weighted by Gasteiger charge is -2.27. The Morgan fingerprint density at radius 3 is 2.18 bits per heavy atom. The van der Waals surface area contributed by atoms with E-state index in [1.54, 1.807) is 0 Å². The predicted molar refractivity (Wildman–Crippen MR) is 57.6 cm³/mol. The molecular formula is C13H13F3O. The van der Waals surface area contributed by atoms with Crippen molar-refractivity contribution in [3.05, 3.63) is 35.6 Å². The lowest BCUT2D eigenvalue weighted by atomic mass is 9.82. The number of benzene rings is 1. The molecule has 0 heterocycles. The van der Waals surface area contributed by atoms with Gasteiger partial charge in [-0.05, 0) is 37.1 Å². The minimum absolute atomic E-state index is 0.152. The second-order valence-electron chi connectivity index (χ2n) is 4.50. The zero-order valence-corrected chi connectivity index (χ0v) is 9.26. The Morgan fingerprint density at radius 1 is 1.12 bits per heavy atom. The van der Waals surface area contributed by atoms with Gasteiger partial charge in [0.05, 0.1) is 0 Å². The Morgan fingerprint density at radius 2 is 1.65 bits per heavy atom. The Kier molecular flexibility index (Phi) is 3.22. The average molecular weight is 242 g/mol. The molecule has 0 saturated heterocycles. The largest absolute Gasteiger partial charge is 0.294 e. The van der Waals surface area contributed by atoms with Gasteiger partial charge in [-0.1, -0.05) is 0 Å². The summed E-state index contributed by atoms with van der Waals surface area (Å²) >= 11 is 0. The van der Waals surface area contributed by atoms with Gasteiger partial charge in [-0.2, -0.15) is 0 Å². The number of carbonyl (C=O) groups is 1. The highest BCUT2D eigenvalue weighted by Crippen LogP contribution is 2.37. The standard InChI is InChI=1S/C13H13F3O/c14-11-3-1-9(2-4-11)12(17)10-5-7-13(15,16)8-6-10/h1-4,10H,5-8H2. The molecule has 0 amide bonds. The highest BCUT2D eigenvalue weighted by atomic mass is 19.3. The van der Waals surface area contributed by atoms with Crippen molar-refractivity contribution in [1.29, 1.82) is 0 Å². The maximum Gasteiger partial charge on any atom is 0.248 e. The van der Waals surface area contributed by atoms with Gasteiger partial charge in [0, 0.05) is 24.3 Å². The van der Waals surface area contributed by atoms with Crippen molar-refractivity contribution in [2.75, 3.05) is 0 Å². The van der Waals surface area contributed by atoms with E-state index in [4.69, 9.17) is 0 Å². The first-order valence-corrected chi connectivity index (χ1v) is 5.65. The first-order valence-electron chi connectivity index (χ1n) is 5.65. The van der Waals surface area contributed by atoms with Crippen LogP contribution in [0.1, 0.15) is 36.0 Å². The van der Waals surface area contributed by atoms with Crippen molar-refractivity contribution in [1.82, 2.24) is 0 Å². The molecule has 0 bridgehead atoms. The fraction of sp³-hybridized carbons (Fsp3) is 0.462. The van der Waals surface area contributed by atoms with E-state index in [9.17, 15) is 18.0 Å². The van der Waals surface area contributed by atoms with Crippen molar-refractivity contribution < 1.29 is 18.0 Å². The van der Waals surface area contributed by atoms with Crippen LogP contribution in [0.3, 0.4) is 0 Å². The van der Waals surface area contributed by atoms with E-state index in [1.165, 1.54) is 24.3 Å². The summed E-state index contributed by atoms with van der Waals surface area (Å²) < 4.78 is 38.6. The molecule has 0 aliphatic heterocycles. The van der Waals surface area contributed by atoms with E-state index < -0.39 is 11.7 Å². The van der Waals surface area contributed by atoms with E-state index in [0.717, 1.165) is 0 Å². The molecule has 0 unspecified atom stereocenters. The summed E-state index contributed by atoms with van der Waals surface area (Å²) in [6.07, 6.45) is -0.0401. The van der Waals surface area contributed by atoms with E-state index in [-0.39, 0.29) is 37.4 Å². The smallest absolute Gasteiger partial charge is 0.248 e. The highest BCUT2D eigenvalue weighted by molar-refractivity contribution is 5.97. The molecule has 1 saturated carbocycles. The van der Waals surface area contributed by atoms with E-state index in [1.807, 2.05) is 0 Å². The number of halogens is 3. The summed E-state index contributed by atoms with van der Waals surface area (Å²) in [5, 5.41) is 0. The minimum Gasteiger partial charge on any atom is -0.294 e. The molecule has 1 aromatic carbocycles. The van der Waals surface area contributed by atoms with Gasteiger partial charge in [0.25, 0.3) is 0 Å². The van der Waals surface area contributed by atoms with Crippen LogP contribution >= 0.6 is 0 Å². The summed E-state index contributed by atoms with van der Waals surface area (Å²) in [5.74, 6) is -3.53. The topological polar surface area (TPSA) is 17.1 Å². The number of rotatable bonds is 2. The molecule has 0 aromatic heterocycles. The average Bonchev–Trinajstić information content (AvgIpc) is 2.29. The van der Waals surface area contributed by atoms with Crippen LogP contribution in [-0.4, -0.2) is 11.7 Å². The van der Waals surface area contributed by atoms with Crippen molar-refractivity contribution in [3.8, 4) is 0 Å². The Balaban J connectivity index is 2.04. The molecule has 0 radical (unpaired) electrons. The van der Waals surface area contributed by atoms with E-state index in [2.05, 4.69) is 0 Å². The molecule has 92 valence electrons. The number of hydrogen-bond acceptors (Lipinski definition) is 1. The Hall–Kier alpha value is -1.32. The van der Waals surface area contributed by atoms with Crippen molar-refractivity contribution in [3.63, 3.8) is 0 Å². The van der Waals surface area contributed by atoms with Gasteiger partial charge >= 0.3 is 0 Å². The maximum atomic E-state index is 12.9. The zero-order valence-electron chi connectivity index (χ0n) is 9.26. The molecule has 17 heavy (non-hydrogen) atoms. The second-order valence-corrected chi connectivity index (χ2v) is 4.50. The third-order valence-electron chi connectivity index (χ3n) is 3.22. The quantitative estimate of drug-likeness (QED) is 0.720. The number of ketones is 1. The molecule has 1 fully saturated rings. The SMILES string of the molecule is O=C(c1ccc(F)cc1)C1CCC(F)(F)CC1. The zero-order chi connectivity index (χ0) is 12.5. The molecule has 1 aromatic rings. The van der Waals surface area contributed by atoms with Gasteiger partial charge in [-0.15, -0.1) is 0 Å². The van der Waals surface area contributed by atoms with Gasteiger partial charge in [-0.3, -0.25) is 4.79 Å². The van der Waals surface area contributed by atoms with Gasteiger partial charge in [0.1, 0.15) is 5.82 Å². The lowest BCUT2D eigenvalue weighted by Crippen LogP contribution is -2.28. The molecule has 1 nitrogen and oxygen atoms in total. The summed E-state index contributed by atoms with van der Waals surface area (Å²) in [6, 6.07) is 5.24. The second kappa shape index (κ2) is 4.51. The monoisotopic (exact) mass is 242 g/mol. The van der Waals surface area contributed by atoms with Crippen molar-refractivity contribution in [2.24, 2.45) is 5.92 Å². The summed E-state index contributed by atoms with van der Waals surface area (Å²) in [4.78, 5) is 12.0. The first-order chi connectivity index (χ1) is 7.98. The highest BCUT2D eigenvalue weighted by Gasteiger charge is 2.37. The number of hydrogen-bond donors (Lipinski definition) is 0. The van der Waals surface area contributed by atoms with Gasteiger partial charge in [-0.25, -0.2) is 13.2 Å². The molecular weight excluding hydrogens is 229 g/mol. The summed E-state index contributed by atoms with van der Waals surface area (Å²) in [6.45, 7) is 0. The minimum atomic E-state index is -2.63. The lowest BCUT2D eigenvalue weighted by molar-refractivity contribution is -0.0424. The first kappa shape index (κ1) is 12.1. The third kappa shape index (κ3) is 2.87. The van der Waals surface area contributed by atoms with E-state index in [0.29, 0.717) is 5.56 Å². The van der Waals surface area contributed by atoms with Gasteiger partial charge < -0.3 is 0 Å². The molecule has 0 spiro atoms. The van der Waals surface area contributed by atoms with Crippen LogP contribution in [0.2, 0.25) is 0 Å². The van der Waals surface area contributed by atoms with Gasteiger partial charge in [0.2, 0.25) is 5.92 Å². The van der Waals surface area contributed by atoms with Crippen LogP contribution in [0, 0.1) is 11.7 Å². The fourth-order valence-electron chi connectivity index (χ4n) is 2.15. The number of alkyl halides is 2. The predicted octanol–water partition coefficient (Wildman–Crippen LogP) is 3.83. The van der Waals surface area contributed by atoms with Crippen LogP contribution in [0.4, 0.5) is 13.2 Å². The Labute approximate surface area is 97.6 Å². The van der Waals surface area contributed by atoms with Crippen LogP contribution < -0.4 is 0 Å². The molecule has 0 atom stereocenters. The normalized spacial score (nSPS) is 20.2. The van der Waals surface area contributed by atoms with Gasteiger partial charge in [0.15, 0.2) is 5.78 Å².